The molecule has 3 nitrogen and oxygen atoms in total. The van der Waals surface area contributed by atoms with Crippen LogP contribution in [0.5, 0.6) is 0 Å². The molecule has 19 heavy (non-hydrogen) atoms. The van der Waals surface area contributed by atoms with E-state index in [1.807, 2.05) is 6.92 Å². The molecular formula is C16H19NO2. The average Bonchev–Trinajstić information content (AvgIpc) is 3.09. The summed E-state index contributed by atoms with van der Waals surface area (Å²) in [6.45, 7) is 3.09. The fourth-order valence-electron chi connectivity index (χ4n) is 2.64. The van der Waals surface area contributed by atoms with Crippen molar-refractivity contribution >= 4 is 16.9 Å². The first-order valence-electron chi connectivity index (χ1n) is 6.94. The molecule has 1 atom stereocenters. The van der Waals surface area contributed by atoms with Gasteiger partial charge < -0.3 is 9.67 Å². The number of hydrogen-bond donors (Lipinski definition) is 1. The van der Waals surface area contributed by atoms with Gasteiger partial charge in [0.1, 0.15) is 0 Å². The van der Waals surface area contributed by atoms with Gasteiger partial charge in [0.25, 0.3) is 0 Å². The van der Waals surface area contributed by atoms with Gasteiger partial charge in [-0.25, -0.2) is 0 Å². The largest absolute Gasteiger partial charge is 0.481 e. The van der Waals surface area contributed by atoms with Crippen LogP contribution in [0.4, 0.5) is 0 Å². The fraction of sp³-hybridized carbons (Fsp3) is 0.438. The van der Waals surface area contributed by atoms with E-state index in [4.69, 9.17) is 5.11 Å². The second-order valence-electron chi connectivity index (χ2n) is 5.73. The Morgan fingerprint density at radius 3 is 2.89 bits per heavy atom. The lowest BCUT2D eigenvalue weighted by atomic mass is 9.97. The molecule has 1 saturated carbocycles. The number of nitrogens with zero attached hydrogens (tertiary/aromatic N) is 1. The minimum Gasteiger partial charge on any atom is -0.481 e. The van der Waals surface area contributed by atoms with E-state index < -0.39 is 5.97 Å². The molecule has 2 aromatic rings. The van der Waals surface area contributed by atoms with Gasteiger partial charge in [0.15, 0.2) is 0 Å². The lowest BCUT2D eigenvalue weighted by molar-refractivity contribution is -0.137. The van der Waals surface area contributed by atoms with Gasteiger partial charge in [-0.15, -0.1) is 0 Å². The lowest BCUT2D eigenvalue weighted by Crippen LogP contribution is -2.03. The first kappa shape index (κ1) is 12.3. The van der Waals surface area contributed by atoms with Gasteiger partial charge in [-0.05, 0) is 53.8 Å². The molecule has 0 amide bonds. The zero-order valence-electron chi connectivity index (χ0n) is 11.2. The Labute approximate surface area is 112 Å². The third-order valence-corrected chi connectivity index (χ3v) is 4.00. The number of fused-ring (bicyclic) bond motifs is 1. The van der Waals surface area contributed by atoms with E-state index in [0.29, 0.717) is 0 Å². The van der Waals surface area contributed by atoms with Crippen LogP contribution in [0.15, 0.2) is 30.5 Å². The summed E-state index contributed by atoms with van der Waals surface area (Å²) >= 11 is 0. The molecule has 0 aliphatic heterocycles. The van der Waals surface area contributed by atoms with Crippen molar-refractivity contribution in [3.8, 4) is 0 Å². The van der Waals surface area contributed by atoms with Gasteiger partial charge in [0.2, 0.25) is 0 Å². The number of aromatic nitrogens is 1. The molecular weight excluding hydrogens is 238 g/mol. The highest BCUT2D eigenvalue weighted by atomic mass is 16.4. The Balaban J connectivity index is 1.86. The van der Waals surface area contributed by atoms with Crippen LogP contribution in [0.1, 0.15) is 37.7 Å². The summed E-state index contributed by atoms with van der Waals surface area (Å²) in [7, 11) is 0. The minimum absolute atomic E-state index is 0.0636. The number of carboxylic acids is 1. The zero-order valence-corrected chi connectivity index (χ0v) is 11.2. The van der Waals surface area contributed by atoms with Crippen molar-refractivity contribution in [1.29, 1.82) is 0 Å². The fourth-order valence-corrected chi connectivity index (χ4v) is 2.64. The summed E-state index contributed by atoms with van der Waals surface area (Å²) in [5.41, 5.74) is 2.37. The maximum atomic E-state index is 10.8. The van der Waals surface area contributed by atoms with Crippen LogP contribution in [0.25, 0.3) is 10.9 Å². The first-order chi connectivity index (χ1) is 9.13. The molecule has 1 heterocycles. The Morgan fingerprint density at radius 1 is 1.42 bits per heavy atom. The quantitative estimate of drug-likeness (QED) is 0.888. The lowest BCUT2D eigenvalue weighted by Gasteiger charge is -2.10. The molecule has 100 valence electrons. The second-order valence-corrected chi connectivity index (χ2v) is 5.73. The second kappa shape index (κ2) is 4.72. The van der Waals surface area contributed by atoms with Crippen molar-refractivity contribution in [3.63, 3.8) is 0 Å². The van der Waals surface area contributed by atoms with Gasteiger partial charge >= 0.3 is 5.97 Å². The molecule has 1 aliphatic carbocycles. The van der Waals surface area contributed by atoms with Crippen LogP contribution in [-0.4, -0.2) is 15.6 Å². The Morgan fingerprint density at radius 2 is 2.21 bits per heavy atom. The number of carboxylic acid groups (broad SMARTS) is 1. The van der Waals surface area contributed by atoms with Crippen LogP contribution >= 0.6 is 0 Å². The summed E-state index contributed by atoms with van der Waals surface area (Å²) in [4.78, 5) is 10.8. The van der Waals surface area contributed by atoms with Crippen molar-refractivity contribution < 1.29 is 9.90 Å². The van der Waals surface area contributed by atoms with E-state index in [1.54, 1.807) is 0 Å². The number of rotatable bonds is 5. The molecule has 0 radical (unpaired) electrons. The van der Waals surface area contributed by atoms with Crippen LogP contribution in [0.3, 0.4) is 0 Å². The van der Waals surface area contributed by atoms with Gasteiger partial charge in [0, 0.05) is 18.3 Å². The summed E-state index contributed by atoms with van der Waals surface area (Å²) in [5, 5.41) is 10.1. The van der Waals surface area contributed by atoms with Crippen molar-refractivity contribution in [2.75, 3.05) is 0 Å². The third-order valence-electron chi connectivity index (χ3n) is 4.00. The molecule has 0 spiro atoms. The first-order valence-corrected chi connectivity index (χ1v) is 6.94. The van der Waals surface area contributed by atoms with E-state index >= 15 is 0 Å². The molecule has 1 aromatic heterocycles. The van der Waals surface area contributed by atoms with Crippen LogP contribution in [0, 0.1) is 5.92 Å². The molecule has 1 aromatic carbocycles. The van der Waals surface area contributed by atoms with E-state index in [0.717, 1.165) is 18.0 Å². The van der Waals surface area contributed by atoms with Crippen molar-refractivity contribution in [2.45, 2.75) is 38.6 Å². The summed E-state index contributed by atoms with van der Waals surface area (Å²) < 4.78 is 2.32. The van der Waals surface area contributed by atoms with Crippen molar-refractivity contribution in [1.82, 2.24) is 4.57 Å². The van der Waals surface area contributed by atoms with Crippen molar-refractivity contribution in [3.05, 3.63) is 36.0 Å². The highest BCUT2D eigenvalue weighted by Crippen LogP contribution is 2.32. The Bertz CT molecular complexity index is 610. The topological polar surface area (TPSA) is 42.2 Å². The predicted octanol–water partition coefficient (Wildman–Crippen LogP) is 3.63. The van der Waals surface area contributed by atoms with Crippen LogP contribution < -0.4 is 0 Å². The molecule has 3 heteroatoms. The highest BCUT2D eigenvalue weighted by molar-refractivity contribution is 5.81. The van der Waals surface area contributed by atoms with E-state index in [-0.39, 0.29) is 12.3 Å². The maximum absolute atomic E-state index is 10.8. The predicted molar refractivity (Wildman–Crippen MR) is 75.3 cm³/mol. The normalized spacial score (nSPS) is 16.7. The monoisotopic (exact) mass is 257 g/mol. The molecule has 1 fully saturated rings. The Hall–Kier alpha value is -1.77. The van der Waals surface area contributed by atoms with Gasteiger partial charge in [-0.2, -0.15) is 0 Å². The third kappa shape index (κ3) is 2.65. The smallest absolute Gasteiger partial charge is 0.303 e. The molecule has 1 unspecified atom stereocenters. The van der Waals surface area contributed by atoms with E-state index in [1.165, 1.54) is 23.7 Å². The van der Waals surface area contributed by atoms with Gasteiger partial charge in [-0.1, -0.05) is 13.0 Å². The van der Waals surface area contributed by atoms with E-state index in [9.17, 15) is 4.79 Å². The number of hydrogen-bond acceptors (Lipinski definition) is 1. The number of aliphatic carboxylic acids is 1. The van der Waals surface area contributed by atoms with E-state index in [2.05, 4.69) is 35.0 Å². The standard InChI is InChI=1S/C16H19NO2/c1-11(8-16(18)19)13-4-5-15-14(9-13)6-7-17(15)10-12-2-3-12/h4-7,9,11-12H,2-3,8,10H2,1H3,(H,18,19). The highest BCUT2D eigenvalue weighted by Gasteiger charge is 2.22. The summed E-state index contributed by atoms with van der Waals surface area (Å²) in [6.07, 6.45) is 5.05. The molecule has 0 bridgehead atoms. The Kier molecular flexibility index (Phi) is 3.05. The molecule has 1 aliphatic rings. The summed E-state index contributed by atoms with van der Waals surface area (Å²) in [6, 6.07) is 8.46. The van der Waals surface area contributed by atoms with Gasteiger partial charge in [0.05, 0.1) is 6.42 Å². The summed E-state index contributed by atoms with van der Waals surface area (Å²) in [5.74, 6) is 0.189. The molecule has 0 saturated heterocycles. The zero-order chi connectivity index (χ0) is 13.4. The van der Waals surface area contributed by atoms with Crippen molar-refractivity contribution in [2.24, 2.45) is 5.92 Å². The maximum Gasteiger partial charge on any atom is 0.303 e. The van der Waals surface area contributed by atoms with Crippen LogP contribution in [0.2, 0.25) is 0 Å². The average molecular weight is 257 g/mol. The minimum atomic E-state index is -0.737. The molecule has 3 rings (SSSR count). The van der Waals surface area contributed by atoms with Crippen LogP contribution in [-0.2, 0) is 11.3 Å². The molecule has 1 N–H and O–H groups in total. The van der Waals surface area contributed by atoms with Gasteiger partial charge in [-0.3, -0.25) is 4.79 Å². The SMILES string of the molecule is CC(CC(=O)O)c1ccc2c(ccn2CC2CC2)c1. The number of carbonyl (C=O) groups is 1. The number of benzene rings is 1.